The number of nitrogens with zero attached hydrogens (tertiary/aromatic N) is 2. The molecule has 0 saturated carbocycles. The monoisotopic (exact) mass is 310 g/mol. The average molecular weight is 311 g/mol. The molecule has 0 saturated heterocycles. The van der Waals surface area contributed by atoms with Gasteiger partial charge in [0.25, 0.3) is 0 Å². The lowest BCUT2D eigenvalue weighted by Gasteiger charge is -2.24. The smallest absolute Gasteiger partial charge is 0.419 e. The van der Waals surface area contributed by atoms with Crippen LogP contribution in [0.5, 0.6) is 0 Å². The maximum Gasteiger partial charge on any atom is 0.419 e. The summed E-state index contributed by atoms with van der Waals surface area (Å²) in [7, 11) is 1.33. The topological polar surface area (TPSA) is 42.4 Å². The standard InChI is InChI=1S/C12H14ClF3N2O2/c1-11(2,3)20-10(19)18(4)8-6-5-7(9(13)17-8)12(14,15)16/h5-6H,1-4H3. The molecule has 112 valence electrons. The number of anilines is 1. The number of carbonyl (C=O) groups is 1. The minimum absolute atomic E-state index is 0.0303. The molecule has 0 fully saturated rings. The van der Waals surface area contributed by atoms with Crippen LogP contribution in [-0.2, 0) is 10.9 Å². The molecule has 0 bridgehead atoms. The molecule has 0 aliphatic heterocycles. The van der Waals surface area contributed by atoms with E-state index in [4.69, 9.17) is 16.3 Å². The lowest BCUT2D eigenvalue weighted by Crippen LogP contribution is -2.34. The predicted molar refractivity (Wildman–Crippen MR) is 68.9 cm³/mol. The molecule has 1 aromatic heterocycles. The number of hydrogen-bond donors (Lipinski definition) is 0. The van der Waals surface area contributed by atoms with Gasteiger partial charge in [-0.25, -0.2) is 9.78 Å². The Morgan fingerprint density at radius 3 is 2.25 bits per heavy atom. The summed E-state index contributed by atoms with van der Waals surface area (Å²) < 4.78 is 42.7. The van der Waals surface area contributed by atoms with Crippen LogP contribution in [0.1, 0.15) is 26.3 Å². The van der Waals surface area contributed by atoms with Crippen LogP contribution >= 0.6 is 11.6 Å². The van der Waals surface area contributed by atoms with Crippen LogP contribution in [0.3, 0.4) is 0 Å². The second-order valence-corrected chi connectivity index (χ2v) is 5.40. The van der Waals surface area contributed by atoms with Crippen LogP contribution in [0, 0.1) is 0 Å². The molecule has 4 nitrogen and oxygen atoms in total. The quantitative estimate of drug-likeness (QED) is 0.733. The molecule has 0 N–H and O–H groups in total. The first kappa shape index (κ1) is 16.6. The highest BCUT2D eigenvalue weighted by Gasteiger charge is 2.34. The fourth-order valence-corrected chi connectivity index (χ4v) is 1.50. The van der Waals surface area contributed by atoms with E-state index in [9.17, 15) is 18.0 Å². The fourth-order valence-electron chi connectivity index (χ4n) is 1.25. The molecule has 8 heteroatoms. The van der Waals surface area contributed by atoms with Crippen molar-refractivity contribution in [1.82, 2.24) is 4.98 Å². The van der Waals surface area contributed by atoms with Crippen LogP contribution in [0.2, 0.25) is 5.15 Å². The SMILES string of the molecule is CN(C(=O)OC(C)(C)C)c1ccc(C(F)(F)F)c(Cl)n1. The Hall–Kier alpha value is -1.50. The minimum atomic E-state index is -4.59. The van der Waals surface area contributed by atoms with Crippen LogP contribution in [0.4, 0.5) is 23.8 Å². The molecule has 20 heavy (non-hydrogen) atoms. The van der Waals surface area contributed by atoms with Gasteiger partial charge >= 0.3 is 12.3 Å². The molecule has 1 amide bonds. The maximum atomic E-state index is 12.5. The van der Waals surface area contributed by atoms with E-state index in [2.05, 4.69) is 4.98 Å². The summed E-state index contributed by atoms with van der Waals surface area (Å²) in [6.07, 6.45) is -5.33. The maximum absolute atomic E-state index is 12.5. The van der Waals surface area contributed by atoms with Gasteiger partial charge in [0.1, 0.15) is 16.6 Å². The zero-order chi connectivity index (χ0) is 15.7. The van der Waals surface area contributed by atoms with Crippen molar-refractivity contribution in [2.45, 2.75) is 32.5 Å². The number of halogens is 4. The van der Waals surface area contributed by atoms with Gasteiger partial charge in [-0.3, -0.25) is 4.90 Å². The predicted octanol–water partition coefficient (Wildman–Crippen LogP) is 4.13. The molecule has 0 atom stereocenters. The van der Waals surface area contributed by atoms with Crippen LogP contribution < -0.4 is 4.90 Å². The summed E-state index contributed by atoms with van der Waals surface area (Å²) in [4.78, 5) is 16.3. The van der Waals surface area contributed by atoms with Crippen LogP contribution in [0.25, 0.3) is 0 Å². The third-order valence-electron chi connectivity index (χ3n) is 2.15. The lowest BCUT2D eigenvalue weighted by molar-refractivity contribution is -0.137. The molecule has 0 aliphatic carbocycles. The number of alkyl halides is 3. The average Bonchev–Trinajstić information content (AvgIpc) is 2.23. The number of amides is 1. The molecule has 0 aromatic carbocycles. The first-order chi connectivity index (χ1) is 8.92. The van der Waals surface area contributed by atoms with Gasteiger partial charge in [0.05, 0.1) is 5.56 Å². The Bertz CT molecular complexity index is 512. The summed E-state index contributed by atoms with van der Waals surface area (Å²) in [6, 6.07) is 1.82. The number of carbonyl (C=O) groups excluding carboxylic acids is 1. The van der Waals surface area contributed by atoms with Gasteiger partial charge < -0.3 is 4.74 Å². The highest BCUT2D eigenvalue weighted by molar-refractivity contribution is 6.30. The Morgan fingerprint density at radius 2 is 1.85 bits per heavy atom. The van der Waals surface area contributed by atoms with Gasteiger partial charge in [-0.1, -0.05) is 11.6 Å². The van der Waals surface area contributed by atoms with Crippen molar-refractivity contribution in [3.63, 3.8) is 0 Å². The highest BCUT2D eigenvalue weighted by atomic mass is 35.5. The third-order valence-corrected chi connectivity index (χ3v) is 2.44. The van der Waals surface area contributed by atoms with Crippen molar-refractivity contribution in [3.8, 4) is 0 Å². The van der Waals surface area contributed by atoms with Crippen molar-refractivity contribution in [2.24, 2.45) is 0 Å². The van der Waals surface area contributed by atoms with E-state index in [0.29, 0.717) is 0 Å². The third kappa shape index (κ3) is 4.26. The van der Waals surface area contributed by atoms with E-state index < -0.39 is 28.6 Å². The fraction of sp³-hybridized carbons (Fsp3) is 0.500. The zero-order valence-electron chi connectivity index (χ0n) is 11.4. The van der Waals surface area contributed by atoms with E-state index in [-0.39, 0.29) is 5.82 Å². The number of pyridine rings is 1. The van der Waals surface area contributed by atoms with Crippen molar-refractivity contribution < 1.29 is 22.7 Å². The van der Waals surface area contributed by atoms with Gasteiger partial charge in [-0.05, 0) is 32.9 Å². The Balaban J connectivity index is 2.99. The summed E-state index contributed by atoms with van der Waals surface area (Å²) in [5.41, 5.74) is -1.78. The molecule has 1 rings (SSSR count). The number of ether oxygens (including phenoxy) is 1. The van der Waals surface area contributed by atoms with Gasteiger partial charge in [0.2, 0.25) is 0 Å². The largest absolute Gasteiger partial charge is 0.443 e. The van der Waals surface area contributed by atoms with E-state index in [1.165, 1.54) is 7.05 Å². The molecule has 0 spiro atoms. The first-order valence-corrected chi connectivity index (χ1v) is 6.00. The van der Waals surface area contributed by atoms with Gasteiger partial charge in [0.15, 0.2) is 0 Å². The summed E-state index contributed by atoms with van der Waals surface area (Å²) in [6.45, 7) is 5.02. The molecule has 0 radical (unpaired) electrons. The Kier molecular flexibility index (Phi) is 4.53. The molecular formula is C12H14ClF3N2O2. The van der Waals surface area contributed by atoms with Crippen molar-refractivity contribution in [1.29, 1.82) is 0 Å². The van der Waals surface area contributed by atoms with Gasteiger partial charge in [-0.2, -0.15) is 13.2 Å². The summed E-state index contributed by atoms with van der Waals surface area (Å²) >= 11 is 5.49. The second kappa shape index (κ2) is 5.47. The summed E-state index contributed by atoms with van der Waals surface area (Å²) in [5, 5.41) is -0.717. The first-order valence-electron chi connectivity index (χ1n) is 5.62. The van der Waals surface area contributed by atoms with E-state index in [1.54, 1.807) is 20.8 Å². The van der Waals surface area contributed by atoms with Crippen molar-refractivity contribution in [2.75, 3.05) is 11.9 Å². The highest BCUT2D eigenvalue weighted by Crippen LogP contribution is 2.34. The Labute approximate surface area is 119 Å². The van der Waals surface area contributed by atoms with Crippen molar-refractivity contribution in [3.05, 3.63) is 22.8 Å². The number of hydrogen-bond acceptors (Lipinski definition) is 3. The van der Waals surface area contributed by atoms with Crippen molar-refractivity contribution >= 4 is 23.5 Å². The van der Waals surface area contributed by atoms with E-state index in [0.717, 1.165) is 17.0 Å². The summed E-state index contributed by atoms with van der Waals surface area (Å²) in [5.74, 6) is -0.0303. The number of rotatable bonds is 1. The molecule has 1 aromatic rings. The van der Waals surface area contributed by atoms with E-state index >= 15 is 0 Å². The minimum Gasteiger partial charge on any atom is -0.443 e. The molecule has 0 aliphatic rings. The normalized spacial score (nSPS) is 12.2. The number of aromatic nitrogens is 1. The van der Waals surface area contributed by atoms with Gasteiger partial charge in [0, 0.05) is 7.05 Å². The van der Waals surface area contributed by atoms with E-state index in [1.807, 2.05) is 0 Å². The Morgan fingerprint density at radius 1 is 1.30 bits per heavy atom. The zero-order valence-corrected chi connectivity index (χ0v) is 12.1. The van der Waals surface area contributed by atoms with Crippen LogP contribution in [-0.4, -0.2) is 23.7 Å². The lowest BCUT2D eigenvalue weighted by atomic mass is 10.2. The van der Waals surface area contributed by atoms with Crippen LogP contribution in [0.15, 0.2) is 12.1 Å². The molecule has 0 unspecified atom stereocenters. The molecular weight excluding hydrogens is 297 g/mol. The second-order valence-electron chi connectivity index (χ2n) is 5.04. The molecule has 1 heterocycles. The van der Waals surface area contributed by atoms with Gasteiger partial charge in [-0.15, -0.1) is 0 Å².